The quantitative estimate of drug-likeness (QED) is 0.845. The van der Waals surface area contributed by atoms with Crippen molar-refractivity contribution in [2.24, 2.45) is 5.92 Å². The van der Waals surface area contributed by atoms with Crippen molar-refractivity contribution in [2.75, 3.05) is 6.61 Å². The van der Waals surface area contributed by atoms with Crippen LogP contribution in [0.25, 0.3) is 0 Å². The van der Waals surface area contributed by atoms with Crippen LogP contribution in [0, 0.1) is 12.8 Å². The Morgan fingerprint density at radius 3 is 2.68 bits per heavy atom. The fraction of sp³-hybridized carbons (Fsp3) is 0.538. The normalized spacial score (nSPS) is 17.4. The van der Waals surface area contributed by atoms with Crippen LogP contribution >= 0.6 is 11.6 Å². The van der Waals surface area contributed by atoms with E-state index >= 15 is 0 Å². The van der Waals surface area contributed by atoms with Crippen LogP contribution in [-0.4, -0.2) is 26.2 Å². The van der Waals surface area contributed by atoms with E-state index in [4.69, 9.17) is 16.7 Å². The van der Waals surface area contributed by atoms with Gasteiger partial charge in [0.25, 0.3) is 0 Å². The summed E-state index contributed by atoms with van der Waals surface area (Å²) >= 11 is 6.00. The van der Waals surface area contributed by atoms with Gasteiger partial charge in [0.1, 0.15) is 4.90 Å². The number of hydrogen-bond acceptors (Lipinski definition) is 3. The van der Waals surface area contributed by atoms with Crippen molar-refractivity contribution in [2.45, 2.75) is 37.1 Å². The van der Waals surface area contributed by atoms with Gasteiger partial charge in [-0.2, -0.15) is 0 Å². The third-order valence-electron chi connectivity index (χ3n) is 3.31. The predicted molar refractivity (Wildman–Crippen MR) is 74.7 cm³/mol. The summed E-state index contributed by atoms with van der Waals surface area (Å²) in [5.41, 5.74) is 0.915. The van der Waals surface area contributed by atoms with Crippen molar-refractivity contribution in [1.29, 1.82) is 0 Å². The Hall–Kier alpha value is -0.620. The van der Waals surface area contributed by atoms with Crippen molar-refractivity contribution in [3.05, 3.63) is 28.8 Å². The Kier molecular flexibility index (Phi) is 4.50. The lowest BCUT2D eigenvalue weighted by Gasteiger charge is -2.17. The lowest BCUT2D eigenvalue weighted by atomic mass is 10.1. The van der Waals surface area contributed by atoms with E-state index in [1.807, 2.05) is 6.92 Å². The van der Waals surface area contributed by atoms with Crippen molar-refractivity contribution in [3.63, 3.8) is 0 Å². The molecule has 1 aromatic carbocycles. The second kappa shape index (κ2) is 5.79. The molecule has 0 heterocycles. The molecule has 2 N–H and O–H groups in total. The standard InChI is InChI=1S/C13H18ClNO3S/c1-9-2-5-13(11(14)8-9)19(17,18)15-12(6-7-16)10-3-4-10/h2,5,8,10,12,15-16H,3-4,6-7H2,1H3. The van der Waals surface area contributed by atoms with E-state index in [2.05, 4.69) is 4.72 Å². The number of rotatable bonds is 6. The second-order valence-corrected chi connectivity index (χ2v) is 7.10. The summed E-state index contributed by atoms with van der Waals surface area (Å²) in [5.74, 6) is 0.339. The highest BCUT2D eigenvalue weighted by Crippen LogP contribution is 2.35. The summed E-state index contributed by atoms with van der Waals surface area (Å²) < 4.78 is 27.3. The van der Waals surface area contributed by atoms with Crippen molar-refractivity contribution < 1.29 is 13.5 Å². The Balaban J connectivity index is 2.21. The molecule has 1 unspecified atom stereocenters. The molecule has 1 saturated carbocycles. The van der Waals surface area contributed by atoms with Gasteiger partial charge in [-0.1, -0.05) is 17.7 Å². The van der Waals surface area contributed by atoms with Gasteiger partial charge in [-0.05, 0) is 49.8 Å². The summed E-state index contributed by atoms with van der Waals surface area (Å²) in [6, 6.07) is 4.67. The molecule has 1 aromatic rings. The second-order valence-electron chi connectivity index (χ2n) is 5.01. The van der Waals surface area contributed by atoms with Gasteiger partial charge in [-0.3, -0.25) is 0 Å². The summed E-state index contributed by atoms with van der Waals surface area (Å²) in [6.07, 6.45) is 2.46. The molecule has 0 bridgehead atoms. The largest absolute Gasteiger partial charge is 0.396 e. The highest BCUT2D eigenvalue weighted by Gasteiger charge is 2.34. The fourth-order valence-corrected chi connectivity index (χ4v) is 4.05. The number of benzene rings is 1. The van der Waals surface area contributed by atoms with Gasteiger partial charge in [-0.25, -0.2) is 13.1 Å². The third-order valence-corrected chi connectivity index (χ3v) is 5.29. The van der Waals surface area contributed by atoms with E-state index in [1.54, 1.807) is 12.1 Å². The Bertz CT molecular complexity index is 555. The molecular formula is C13H18ClNO3S. The molecule has 19 heavy (non-hydrogen) atoms. The number of nitrogens with one attached hydrogen (secondary N) is 1. The summed E-state index contributed by atoms with van der Waals surface area (Å²) in [7, 11) is -3.63. The van der Waals surface area contributed by atoms with E-state index < -0.39 is 10.0 Å². The zero-order valence-electron chi connectivity index (χ0n) is 10.8. The van der Waals surface area contributed by atoms with E-state index in [9.17, 15) is 8.42 Å². The average Bonchev–Trinajstić information content (AvgIpc) is 3.11. The van der Waals surface area contributed by atoms with Gasteiger partial charge in [0, 0.05) is 12.6 Å². The van der Waals surface area contributed by atoms with E-state index in [0.29, 0.717) is 12.3 Å². The number of hydrogen-bond donors (Lipinski definition) is 2. The molecule has 106 valence electrons. The van der Waals surface area contributed by atoms with Crippen LogP contribution in [-0.2, 0) is 10.0 Å². The minimum Gasteiger partial charge on any atom is -0.396 e. The lowest BCUT2D eigenvalue weighted by Crippen LogP contribution is -2.37. The van der Waals surface area contributed by atoms with Gasteiger partial charge in [-0.15, -0.1) is 0 Å². The maximum absolute atomic E-state index is 12.3. The summed E-state index contributed by atoms with van der Waals surface area (Å²) in [4.78, 5) is 0.100. The monoisotopic (exact) mass is 303 g/mol. The van der Waals surface area contributed by atoms with Crippen LogP contribution in [0.5, 0.6) is 0 Å². The average molecular weight is 304 g/mol. The first-order chi connectivity index (χ1) is 8.94. The van der Waals surface area contributed by atoms with Crippen LogP contribution in [0.2, 0.25) is 5.02 Å². The predicted octanol–water partition coefficient (Wildman–Crippen LogP) is 2.09. The number of aliphatic hydroxyl groups is 1. The molecule has 1 fully saturated rings. The number of aliphatic hydroxyl groups excluding tert-OH is 1. The molecule has 1 atom stereocenters. The zero-order valence-corrected chi connectivity index (χ0v) is 12.3. The first-order valence-corrected chi connectivity index (χ1v) is 8.19. The van der Waals surface area contributed by atoms with Crippen LogP contribution in [0.15, 0.2) is 23.1 Å². The Labute approximate surface area is 118 Å². The molecular weight excluding hydrogens is 286 g/mol. The fourth-order valence-electron chi connectivity index (χ4n) is 2.12. The molecule has 0 aliphatic heterocycles. The van der Waals surface area contributed by atoms with E-state index in [1.165, 1.54) is 6.07 Å². The molecule has 1 aliphatic carbocycles. The molecule has 2 rings (SSSR count). The van der Waals surface area contributed by atoms with Crippen molar-refractivity contribution in [3.8, 4) is 0 Å². The van der Waals surface area contributed by atoms with E-state index in [0.717, 1.165) is 18.4 Å². The first kappa shape index (κ1) is 14.8. The van der Waals surface area contributed by atoms with Gasteiger partial charge in [0.05, 0.1) is 5.02 Å². The SMILES string of the molecule is Cc1ccc(S(=O)(=O)NC(CCO)C2CC2)c(Cl)c1. The van der Waals surface area contributed by atoms with Crippen LogP contribution in [0.1, 0.15) is 24.8 Å². The van der Waals surface area contributed by atoms with Gasteiger partial charge >= 0.3 is 0 Å². The van der Waals surface area contributed by atoms with Crippen LogP contribution in [0.3, 0.4) is 0 Å². The number of sulfonamides is 1. The minimum absolute atomic E-state index is 0.0225. The summed E-state index contributed by atoms with van der Waals surface area (Å²) in [6.45, 7) is 1.83. The highest BCUT2D eigenvalue weighted by atomic mass is 35.5. The van der Waals surface area contributed by atoms with Crippen LogP contribution in [0.4, 0.5) is 0 Å². The first-order valence-electron chi connectivity index (χ1n) is 6.33. The molecule has 4 nitrogen and oxygen atoms in total. The molecule has 6 heteroatoms. The topological polar surface area (TPSA) is 66.4 Å². The number of halogens is 1. The summed E-state index contributed by atoms with van der Waals surface area (Å²) in [5, 5.41) is 9.24. The highest BCUT2D eigenvalue weighted by molar-refractivity contribution is 7.89. The molecule has 0 spiro atoms. The minimum atomic E-state index is -3.63. The van der Waals surface area contributed by atoms with Crippen molar-refractivity contribution in [1.82, 2.24) is 4.72 Å². The van der Waals surface area contributed by atoms with Crippen molar-refractivity contribution >= 4 is 21.6 Å². The Morgan fingerprint density at radius 1 is 1.47 bits per heavy atom. The zero-order chi connectivity index (χ0) is 14.0. The molecule has 0 radical (unpaired) electrons. The maximum atomic E-state index is 12.3. The van der Waals surface area contributed by atoms with E-state index in [-0.39, 0.29) is 22.6 Å². The molecule has 1 aliphatic rings. The number of aryl methyl sites for hydroxylation is 1. The van der Waals surface area contributed by atoms with Gasteiger partial charge < -0.3 is 5.11 Å². The third kappa shape index (κ3) is 3.69. The smallest absolute Gasteiger partial charge is 0.242 e. The molecule has 0 saturated heterocycles. The lowest BCUT2D eigenvalue weighted by molar-refractivity contribution is 0.265. The van der Waals surface area contributed by atoms with Gasteiger partial charge in [0.15, 0.2) is 0 Å². The van der Waals surface area contributed by atoms with Gasteiger partial charge in [0.2, 0.25) is 10.0 Å². The Morgan fingerprint density at radius 2 is 2.16 bits per heavy atom. The maximum Gasteiger partial charge on any atom is 0.242 e. The molecule has 0 aromatic heterocycles. The van der Waals surface area contributed by atoms with Crippen LogP contribution < -0.4 is 4.72 Å². The molecule has 0 amide bonds.